The standard InChI is InChI=1S/C16H15NO4/c18-14-9-19-8-13-11(6-17-7-12(13)14)10-1-2-15-16(5-10)21-4-3-20-15/h1-2,5-7,14,18H,3-4,8-9H2. The molecule has 1 aromatic heterocycles. The number of pyridine rings is 1. The van der Waals surface area contributed by atoms with Gasteiger partial charge >= 0.3 is 0 Å². The molecule has 0 spiro atoms. The Hall–Kier alpha value is -2.11. The first-order valence-corrected chi connectivity index (χ1v) is 6.95. The summed E-state index contributed by atoms with van der Waals surface area (Å²) in [6.07, 6.45) is 2.90. The van der Waals surface area contributed by atoms with Crippen molar-refractivity contribution in [2.45, 2.75) is 12.7 Å². The fourth-order valence-electron chi connectivity index (χ4n) is 2.77. The molecular formula is C16H15NO4. The van der Waals surface area contributed by atoms with Crippen molar-refractivity contribution in [1.82, 2.24) is 4.98 Å². The molecule has 5 heteroatoms. The van der Waals surface area contributed by atoms with Gasteiger partial charge in [-0.25, -0.2) is 0 Å². The van der Waals surface area contributed by atoms with E-state index in [1.165, 1.54) is 0 Å². The summed E-state index contributed by atoms with van der Waals surface area (Å²) in [5.74, 6) is 1.51. The average Bonchev–Trinajstić information content (AvgIpc) is 2.54. The number of nitrogens with zero attached hydrogens (tertiary/aromatic N) is 1. The number of aromatic nitrogens is 1. The lowest BCUT2D eigenvalue weighted by atomic mass is 9.94. The third kappa shape index (κ3) is 2.14. The average molecular weight is 285 g/mol. The zero-order valence-corrected chi connectivity index (χ0v) is 11.4. The van der Waals surface area contributed by atoms with Crippen LogP contribution in [0.5, 0.6) is 11.5 Å². The second-order valence-electron chi connectivity index (χ2n) is 5.14. The second kappa shape index (κ2) is 5.02. The van der Waals surface area contributed by atoms with Crippen molar-refractivity contribution in [2.24, 2.45) is 0 Å². The number of aliphatic hydroxyl groups excluding tert-OH is 1. The maximum absolute atomic E-state index is 10.0. The van der Waals surface area contributed by atoms with Gasteiger partial charge in [0.25, 0.3) is 0 Å². The van der Waals surface area contributed by atoms with E-state index in [0.717, 1.165) is 33.8 Å². The van der Waals surface area contributed by atoms with E-state index in [2.05, 4.69) is 4.98 Å². The van der Waals surface area contributed by atoms with Gasteiger partial charge in [-0.05, 0) is 23.3 Å². The smallest absolute Gasteiger partial charge is 0.161 e. The van der Waals surface area contributed by atoms with Gasteiger partial charge in [-0.3, -0.25) is 4.98 Å². The third-order valence-electron chi connectivity index (χ3n) is 3.83. The third-order valence-corrected chi connectivity index (χ3v) is 3.83. The number of ether oxygens (including phenoxy) is 3. The van der Waals surface area contributed by atoms with Gasteiger partial charge in [0.15, 0.2) is 11.5 Å². The predicted molar refractivity (Wildman–Crippen MR) is 75.3 cm³/mol. The molecule has 2 aliphatic rings. The summed E-state index contributed by atoms with van der Waals surface area (Å²) in [5, 5.41) is 10.0. The van der Waals surface area contributed by atoms with E-state index in [1.54, 1.807) is 12.4 Å². The van der Waals surface area contributed by atoms with E-state index < -0.39 is 6.10 Å². The van der Waals surface area contributed by atoms with Gasteiger partial charge in [-0.2, -0.15) is 0 Å². The summed E-state index contributed by atoms with van der Waals surface area (Å²) in [7, 11) is 0. The first-order chi connectivity index (χ1) is 10.3. The summed E-state index contributed by atoms with van der Waals surface area (Å²) in [6, 6.07) is 5.84. The highest BCUT2D eigenvalue weighted by Gasteiger charge is 2.22. The lowest BCUT2D eigenvalue weighted by Crippen LogP contribution is -2.17. The van der Waals surface area contributed by atoms with Crippen LogP contribution in [0.15, 0.2) is 30.6 Å². The highest BCUT2D eigenvalue weighted by Crippen LogP contribution is 2.37. The van der Waals surface area contributed by atoms with Crippen LogP contribution in [-0.2, 0) is 11.3 Å². The van der Waals surface area contributed by atoms with Gasteiger partial charge < -0.3 is 19.3 Å². The van der Waals surface area contributed by atoms with Crippen LogP contribution in [0.2, 0.25) is 0 Å². The predicted octanol–water partition coefficient (Wildman–Crippen LogP) is 2.08. The van der Waals surface area contributed by atoms with Crippen molar-refractivity contribution in [3.8, 4) is 22.6 Å². The van der Waals surface area contributed by atoms with E-state index >= 15 is 0 Å². The van der Waals surface area contributed by atoms with Gasteiger partial charge in [-0.1, -0.05) is 6.07 Å². The molecule has 1 unspecified atom stereocenters. The van der Waals surface area contributed by atoms with Crippen LogP contribution < -0.4 is 9.47 Å². The van der Waals surface area contributed by atoms with Gasteiger partial charge in [0.2, 0.25) is 0 Å². The van der Waals surface area contributed by atoms with Crippen LogP contribution >= 0.6 is 0 Å². The normalized spacial score (nSPS) is 20.0. The monoisotopic (exact) mass is 285 g/mol. The number of hydrogen-bond acceptors (Lipinski definition) is 5. The van der Waals surface area contributed by atoms with Crippen LogP contribution in [0.25, 0.3) is 11.1 Å². The Kier molecular flexibility index (Phi) is 3.02. The fraction of sp³-hybridized carbons (Fsp3) is 0.312. The molecular weight excluding hydrogens is 270 g/mol. The fourth-order valence-corrected chi connectivity index (χ4v) is 2.77. The highest BCUT2D eigenvalue weighted by atomic mass is 16.6. The summed E-state index contributed by atoms with van der Waals surface area (Å²) < 4.78 is 16.6. The van der Waals surface area contributed by atoms with Crippen molar-refractivity contribution in [3.05, 3.63) is 41.7 Å². The Morgan fingerprint density at radius 1 is 1.10 bits per heavy atom. The molecule has 0 fully saturated rings. The molecule has 5 nitrogen and oxygen atoms in total. The minimum absolute atomic E-state index is 0.319. The lowest BCUT2D eigenvalue weighted by Gasteiger charge is -2.24. The summed E-state index contributed by atoms with van der Waals surface area (Å²) in [4.78, 5) is 4.25. The number of fused-ring (bicyclic) bond motifs is 2. The lowest BCUT2D eigenvalue weighted by molar-refractivity contribution is 0.00981. The minimum atomic E-state index is -0.613. The first-order valence-electron chi connectivity index (χ1n) is 6.95. The molecule has 0 saturated carbocycles. The van der Waals surface area contributed by atoms with Gasteiger partial charge in [0.1, 0.15) is 19.3 Å². The number of rotatable bonds is 1. The zero-order valence-electron chi connectivity index (χ0n) is 11.4. The Balaban J connectivity index is 1.82. The van der Waals surface area contributed by atoms with Crippen molar-refractivity contribution >= 4 is 0 Å². The van der Waals surface area contributed by atoms with Crippen molar-refractivity contribution < 1.29 is 19.3 Å². The Bertz CT molecular complexity index is 686. The highest BCUT2D eigenvalue weighted by molar-refractivity contribution is 5.71. The molecule has 1 aromatic carbocycles. The van der Waals surface area contributed by atoms with Crippen LogP contribution in [-0.4, -0.2) is 29.9 Å². The molecule has 0 saturated heterocycles. The van der Waals surface area contributed by atoms with Crippen molar-refractivity contribution in [2.75, 3.05) is 19.8 Å². The SMILES string of the molecule is OC1COCc2c(-c3ccc4c(c3)OCCO4)cncc21. The number of hydrogen-bond donors (Lipinski definition) is 1. The van der Waals surface area contributed by atoms with Crippen LogP contribution in [0, 0.1) is 0 Å². The molecule has 0 aliphatic carbocycles. The molecule has 2 aliphatic heterocycles. The Labute approximate surface area is 122 Å². The molecule has 1 N–H and O–H groups in total. The van der Waals surface area contributed by atoms with E-state index in [-0.39, 0.29) is 0 Å². The van der Waals surface area contributed by atoms with Crippen LogP contribution in [0.1, 0.15) is 17.2 Å². The Morgan fingerprint density at radius 3 is 2.86 bits per heavy atom. The summed E-state index contributed by atoms with van der Waals surface area (Å²) >= 11 is 0. The molecule has 21 heavy (non-hydrogen) atoms. The molecule has 2 aromatic rings. The molecule has 3 heterocycles. The molecule has 0 bridgehead atoms. The minimum Gasteiger partial charge on any atom is -0.486 e. The molecule has 0 amide bonds. The topological polar surface area (TPSA) is 60.8 Å². The van der Waals surface area contributed by atoms with Crippen LogP contribution in [0.4, 0.5) is 0 Å². The number of benzene rings is 1. The van der Waals surface area contributed by atoms with E-state index in [9.17, 15) is 5.11 Å². The van der Waals surface area contributed by atoms with Crippen molar-refractivity contribution in [1.29, 1.82) is 0 Å². The summed E-state index contributed by atoms with van der Waals surface area (Å²) in [5.41, 5.74) is 3.78. The molecule has 108 valence electrons. The zero-order chi connectivity index (χ0) is 14.2. The number of aliphatic hydroxyl groups is 1. The summed E-state index contributed by atoms with van der Waals surface area (Å²) in [6.45, 7) is 1.94. The van der Waals surface area contributed by atoms with Gasteiger partial charge in [0, 0.05) is 23.5 Å². The quantitative estimate of drug-likeness (QED) is 0.869. The first kappa shape index (κ1) is 12.6. The van der Waals surface area contributed by atoms with Crippen molar-refractivity contribution in [3.63, 3.8) is 0 Å². The van der Waals surface area contributed by atoms with Crippen LogP contribution in [0.3, 0.4) is 0 Å². The van der Waals surface area contributed by atoms with Gasteiger partial charge in [-0.15, -0.1) is 0 Å². The molecule has 4 rings (SSSR count). The van der Waals surface area contributed by atoms with Gasteiger partial charge in [0.05, 0.1) is 13.2 Å². The second-order valence-corrected chi connectivity index (χ2v) is 5.14. The van der Waals surface area contributed by atoms with E-state index in [0.29, 0.717) is 26.4 Å². The van der Waals surface area contributed by atoms with E-state index in [1.807, 2.05) is 18.2 Å². The Morgan fingerprint density at radius 2 is 1.95 bits per heavy atom. The molecule has 1 atom stereocenters. The maximum Gasteiger partial charge on any atom is 0.161 e. The molecule has 0 radical (unpaired) electrons. The maximum atomic E-state index is 10.0. The largest absolute Gasteiger partial charge is 0.486 e. The van der Waals surface area contributed by atoms with E-state index in [4.69, 9.17) is 14.2 Å².